The van der Waals surface area contributed by atoms with Gasteiger partial charge in [0, 0.05) is 31.6 Å². The molecule has 1 aliphatic heterocycles. The molecule has 1 heterocycles. The van der Waals surface area contributed by atoms with E-state index >= 15 is 0 Å². The fourth-order valence-electron chi connectivity index (χ4n) is 3.81. The Morgan fingerprint density at radius 1 is 0.867 bits per heavy atom. The summed E-state index contributed by atoms with van der Waals surface area (Å²) in [5.74, 6) is 1.72. The molecule has 5 heteroatoms. The highest BCUT2D eigenvalue weighted by Crippen LogP contribution is 2.30. The third kappa shape index (κ3) is 5.30. The van der Waals surface area contributed by atoms with E-state index in [2.05, 4.69) is 35.2 Å². The van der Waals surface area contributed by atoms with Gasteiger partial charge in [-0.1, -0.05) is 42.5 Å². The van der Waals surface area contributed by atoms with Crippen LogP contribution in [0.25, 0.3) is 10.8 Å². The van der Waals surface area contributed by atoms with Gasteiger partial charge in [0.15, 0.2) is 0 Å². The number of aliphatic hydroxyl groups excluding tert-OH is 1. The molecular formula is C25H29NO4. The smallest absolute Gasteiger partial charge is 0.123 e. The van der Waals surface area contributed by atoms with Crippen molar-refractivity contribution in [3.63, 3.8) is 0 Å². The monoisotopic (exact) mass is 407 g/mol. The molecule has 0 radical (unpaired) electrons. The van der Waals surface area contributed by atoms with Gasteiger partial charge in [0.05, 0.1) is 19.8 Å². The standard InChI is InChI=1S/C25H29NO4/c27-14-18-30-25-10-7-21-3-1-2-4-23(21)24(25)19-20-5-8-22(9-6-20)29-17-13-26-11-15-28-16-12-26/h1-10,27H,11-19H2. The highest BCUT2D eigenvalue weighted by Gasteiger charge is 2.11. The molecule has 0 aliphatic carbocycles. The number of ether oxygens (including phenoxy) is 3. The van der Waals surface area contributed by atoms with E-state index in [9.17, 15) is 0 Å². The Morgan fingerprint density at radius 3 is 2.47 bits per heavy atom. The summed E-state index contributed by atoms with van der Waals surface area (Å²) in [6, 6.07) is 20.7. The number of fused-ring (bicyclic) bond motifs is 1. The minimum absolute atomic E-state index is 0.00273. The molecule has 3 aromatic carbocycles. The number of hydrogen-bond donors (Lipinski definition) is 1. The lowest BCUT2D eigenvalue weighted by Crippen LogP contribution is -2.38. The number of aliphatic hydroxyl groups is 1. The second kappa shape index (κ2) is 10.4. The van der Waals surface area contributed by atoms with E-state index in [-0.39, 0.29) is 6.61 Å². The molecular weight excluding hydrogens is 378 g/mol. The molecule has 3 aromatic rings. The van der Waals surface area contributed by atoms with Crippen molar-refractivity contribution in [3.05, 3.63) is 71.8 Å². The van der Waals surface area contributed by atoms with Crippen molar-refractivity contribution in [3.8, 4) is 11.5 Å². The molecule has 158 valence electrons. The van der Waals surface area contributed by atoms with Crippen LogP contribution in [0.5, 0.6) is 11.5 Å². The third-order valence-electron chi connectivity index (χ3n) is 5.43. The zero-order chi connectivity index (χ0) is 20.6. The average Bonchev–Trinajstić information content (AvgIpc) is 2.80. The number of nitrogens with zero attached hydrogens (tertiary/aromatic N) is 1. The zero-order valence-electron chi connectivity index (χ0n) is 17.3. The first-order valence-corrected chi connectivity index (χ1v) is 10.6. The second-order valence-electron chi connectivity index (χ2n) is 7.46. The molecule has 30 heavy (non-hydrogen) atoms. The van der Waals surface area contributed by atoms with Gasteiger partial charge >= 0.3 is 0 Å². The summed E-state index contributed by atoms with van der Waals surface area (Å²) < 4.78 is 17.1. The van der Waals surface area contributed by atoms with Gasteiger partial charge in [0.1, 0.15) is 24.7 Å². The van der Waals surface area contributed by atoms with Crippen molar-refractivity contribution in [2.45, 2.75) is 6.42 Å². The Bertz CT molecular complexity index is 936. The lowest BCUT2D eigenvalue weighted by atomic mass is 9.97. The van der Waals surface area contributed by atoms with Crippen LogP contribution in [0.2, 0.25) is 0 Å². The van der Waals surface area contributed by atoms with E-state index < -0.39 is 0 Å². The summed E-state index contributed by atoms with van der Waals surface area (Å²) in [6.45, 7) is 5.49. The first kappa shape index (κ1) is 20.7. The van der Waals surface area contributed by atoms with Gasteiger partial charge < -0.3 is 19.3 Å². The topological polar surface area (TPSA) is 51.2 Å². The van der Waals surface area contributed by atoms with Gasteiger partial charge in [-0.2, -0.15) is 0 Å². The van der Waals surface area contributed by atoms with Crippen molar-refractivity contribution in [2.75, 3.05) is 52.7 Å². The summed E-state index contributed by atoms with van der Waals surface area (Å²) in [6.07, 6.45) is 0.760. The van der Waals surface area contributed by atoms with Gasteiger partial charge in [-0.3, -0.25) is 4.90 Å². The molecule has 1 N–H and O–H groups in total. The number of morpholine rings is 1. The van der Waals surface area contributed by atoms with E-state index in [1.54, 1.807) is 0 Å². The summed E-state index contributed by atoms with van der Waals surface area (Å²) in [5.41, 5.74) is 2.34. The first-order valence-electron chi connectivity index (χ1n) is 10.6. The van der Waals surface area contributed by atoms with Crippen LogP contribution < -0.4 is 9.47 Å². The molecule has 1 fully saturated rings. The van der Waals surface area contributed by atoms with E-state index in [0.717, 1.165) is 56.3 Å². The summed E-state index contributed by atoms with van der Waals surface area (Å²) in [5, 5.41) is 11.5. The van der Waals surface area contributed by atoms with Crippen molar-refractivity contribution in [2.24, 2.45) is 0 Å². The SMILES string of the molecule is OCCOc1ccc2ccccc2c1Cc1ccc(OCCN2CCOCC2)cc1. The molecule has 4 rings (SSSR count). The molecule has 0 aromatic heterocycles. The van der Waals surface area contributed by atoms with E-state index in [0.29, 0.717) is 13.2 Å². The number of rotatable bonds is 9. The fourth-order valence-corrected chi connectivity index (χ4v) is 3.81. The van der Waals surface area contributed by atoms with Crippen LogP contribution >= 0.6 is 0 Å². The van der Waals surface area contributed by atoms with Crippen molar-refractivity contribution in [1.29, 1.82) is 0 Å². The highest BCUT2D eigenvalue weighted by molar-refractivity contribution is 5.88. The fraction of sp³-hybridized carbons (Fsp3) is 0.360. The normalized spacial score (nSPS) is 14.7. The quantitative estimate of drug-likeness (QED) is 0.588. The van der Waals surface area contributed by atoms with Gasteiger partial charge in [0.2, 0.25) is 0 Å². The van der Waals surface area contributed by atoms with Gasteiger partial charge in [-0.05, 0) is 34.5 Å². The van der Waals surface area contributed by atoms with Crippen molar-refractivity contribution < 1.29 is 19.3 Å². The zero-order valence-corrected chi connectivity index (χ0v) is 17.3. The van der Waals surface area contributed by atoms with Gasteiger partial charge in [0.25, 0.3) is 0 Å². The van der Waals surface area contributed by atoms with Crippen molar-refractivity contribution in [1.82, 2.24) is 4.90 Å². The lowest BCUT2D eigenvalue weighted by Gasteiger charge is -2.26. The van der Waals surface area contributed by atoms with Crippen LogP contribution in [0.4, 0.5) is 0 Å². The Kier molecular flexibility index (Phi) is 7.19. The van der Waals surface area contributed by atoms with Crippen LogP contribution in [0.15, 0.2) is 60.7 Å². The Balaban J connectivity index is 1.43. The summed E-state index contributed by atoms with van der Waals surface area (Å²) in [7, 11) is 0. The Hall–Kier alpha value is -2.60. The average molecular weight is 408 g/mol. The minimum Gasteiger partial charge on any atom is -0.492 e. The van der Waals surface area contributed by atoms with Crippen LogP contribution in [0.1, 0.15) is 11.1 Å². The minimum atomic E-state index is 0.00273. The molecule has 0 saturated carbocycles. The second-order valence-corrected chi connectivity index (χ2v) is 7.46. The maximum atomic E-state index is 9.16. The van der Waals surface area contributed by atoms with Crippen LogP contribution in [0, 0.1) is 0 Å². The molecule has 0 spiro atoms. The summed E-state index contributed by atoms with van der Waals surface area (Å²) >= 11 is 0. The predicted molar refractivity (Wildman–Crippen MR) is 119 cm³/mol. The molecule has 0 bridgehead atoms. The maximum Gasteiger partial charge on any atom is 0.123 e. The lowest BCUT2D eigenvalue weighted by molar-refractivity contribution is 0.0322. The van der Waals surface area contributed by atoms with Crippen LogP contribution in [-0.2, 0) is 11.2 Å². The molecule has 1 aliphatic rings. The molecule has 0 unspecified atom stereocenters. The highest BCUT2D eigenvalue weighted by atomic mass is 16.5. The van der Waals surface area contributed by atoms with Crippen molar-refractivity contribution >= 4 is 10.8 Å². The van der Waals surface area contributed by atoms with Gasteiger partial charge in [-0.25, -0.2) is 0 Å². The molecule has 1 saturated heterocycles. The maximum absolute atomic E-state index is 9.16. The Labute approximate surface area is 177 Å². The third-order valence-corrected chi connectivity index (χ3v) is 5.43. The van der Waals surface area contributed by atoms with E-state index in [1.165, 1.54) is 16.3 Å². The Morgan fingerprint density at radius 2 is 1.67 bits per heavy atom. The number of hydrogen-bond acceptors (Lipinski definition) is 5. The first-order chi connectivity index (χ1) is 14.8. The predicted octanol–water partition coefficient (Wildman–Crippen LogP) is 3.51. The largest absolute Gasteiger partial charge is 0.492 e. The van der Waals surface area contributed by atoms with Crippen LogP contribution in [-0.4, -0.2) is 62.7 Å². The number of benzene rings is 3. The van der Waals surface area contributed by atoms with E-state index in [1.807, 2.05) is 30.3 Å². The van der Waals surface area contributed by atoms with E-state index in [4.69, 9.17) is 19.3 Å². The van der Waals surface area contributed by atoms with Gasteiger partial charge in [-0.15, -0.1) is 0 Å². The molecule has 5 nitrogen and oxygen atoms in total. The summed E-state index contributed by atoms with van der Waals surface area (Å²) in [4.78, 5) is 2.37. The molecule has 0 atom stereocenters. The van der Waals surface area contributed by atoms with Crippen LogP contribution in [0.3, 0.4) is 0 Å². The molecule has 0 amide bonds.